The predicted molar refractivity (Wildman–Crippen MR) is 43.9 cm³/mol. The van der Waals surface area contributed by atoms with E-state index in [0.29, 0.717) is 6.61 Å². The minimum absolute atomic E-state index is 0.000602. The lowest BCUT2D eigenvalue weighted by Gasteiger charge is -2.03. The third-order valence-electron chi connectivity index (χ3n) is 2.26. The second-order valence-electron chi connectivity index (χ2n) is 3.43. The van der Waals surface area contributed by atoms with Gasteiger partial charge in [0.05, 0.1) is 6.61 Å². The maximum atomic E-state index is 10.9. The Labute approximate surface area is 76.1 Å². The molecule has 0 unspecified atom stereocenters. The van der Waals surface area contributed by atoms with Gasteiger partial charge in [0.2, 0.25) is 5.76 Å². The normalized spacial score (nSPS) is 22.0. The monoisotopic (exact) mass is 184 g/mol. The molecule has 0 radical (unpaired) electrons. The molecule has 0 aromatic carbocycles. The molecule has 72 valence electrons. The zero-order valence-corrected chi connectivity index (χ0v) is 7.28. The molecular weight excluding hydrogens is 172 g/mol. The second-order valence-corrected chi connectivity index (χ2v) is 3.43. The van der Waals surface area contributed by atoms with Crippen LogP contribution in [0.25, 0.3) is 0 Å². The van der Waals surface area contributed by atoms with E-state index < -0.39 is 5.97 Å². The summed E-state index contributed by atoms with van der Waals surface area (Å²) >= 11 is 0. The zero-order valence-electron chi connectivity index (χ0n) is 7.28. The van der Waals surface area contributed by atoms with Crippen LogP contribution in [0.15, 0.2) is 11.5 Å². The highest BCUT2D eigenvalue weighted by Crippen LogP contribution is 2.32. The first kappa shape index (κ1) is 8.41. The van der Waals surface area contributed by atoms with E-state index in [-0.39, 0.29) is 18.1 Å². The van der Waals surface area contributed by atoms with Gasteiger partial charge in [-0.3, -0.25) is 0 Å². The molecule has 0 bridgehead atoms. The molecule has 0 saturated heterocycles. The van der Waals surface area contributed by atoms with Gasteiger partial charge in [0.1, 0.15) is 0 Å². The third kappa shape index (κ3) is 1.94. The number of carbonyl (C=O) groups is 1. The van der Waals surface area contributed by atoms with E-state index in [0.717, 1.165) is 12.3 Å². The van der Waals surface area contributed by atoms with Crippen LogP contribution in [0.4, 0.5) is 0 Å². The number of aliphatic hydroxyl groups is 1. The summed E-state index contributed by atoms with van der Waals surface area (Å²) in [6, 6.07) is 0. The van der Waals surface area contributed by atoms with E-state index in [9.17, 15) is 4.79 Å². The Morgan fingerprint density at radius 3 is 2.85 bits per heavy atom. The topological polar surface area (TPSA) is 55.8 Å². The van der Waals surface area contributed by atoms with Crippen molar-refractivity contribution in [2.75, 3.05) is 13.2 Å². The molecule has 4 nitrogen and oxygen atoms in total. The van der Waals surface area contributed by atoms with Crippen LogP contribution in [0.3, 0.4) is 0 Å². The van der Waals surface area contributed by atoms with E-state index in [1.807, 2.05) is 0 Å². The highest BCUT2D eigenvalue weighted by molar-refractivity contribution is 5.88. The van der Waals surface area contributed by atoms with E-state index in [1.54, 1.807) is 0 Å². The standard InChI is InChI=1S/C9H12O4/c10-7-5-13-9(11)8(7)12-4-3-6-1-2-6/h6,10H,1-5H2. The van der Waals surface area contributed by atoms with Crippen LogP contribution in [-0.2, 0) is 14.3 Å². The van der Waals surface area contributed by atoms with Crippen molar-refractivity contribution >= 4 is 5.97 Å². The van der Waals surface area contributed by atoms with Crippen LogP contribution >= 0.6 is 0 Å². The predicted octanol–water partition coefficient (Wildman–Crippen LogP) is 1.13. The Kier molecular flexibility index (Phi) is 2.12. The van der Waals surface area contributed by atoms with Crippen LogP contribution in [0.1, 0.15) is 19.3 Å². The average molecular weight is 184 g/mol. The molecule has 1 N–H and O–H groups in total. The number of aliphatic hydroxyl groups excluding tert-OH is 1. The molecule has 2 aliphatic rings. The SMILES string of the molecule is O=C1OCC(O)=C1OCCC1CC1. The number of rotatable bonds is 4. The molecule has 0 amide bonds. The summed E-state index contributed by atoms with van der Waals surface area (Å²) in [6.45, 7) is 0.455. The summed E-state index contributed by atoms with van der Waals surface area (Å²) in [5.74, 6) is 0.134. The second kappa shape index (κ2) is 3.28. The lowest BCUT2D eigenvalue weighted by molar-refractivity contribution is -0.139. The molecule has 1 aliphatic carbocycles. The number of carbonyl (C=O) groups excluding carboxylic acids is 1. The van der Waals surface area contributed by atoms with E-state index >= 15 is 0 Å². The fourth-order valence-corrected chi connectivity index (χ4v) is 1.26. The van der Waals surface area contributed by atoms with Crippen molar-refractivity contribution in [1.82, 2.24) is 0 Å². The number of hydrogen-bond donors (Lipinski definition) is 1. The van der Waals surface area contributed by atoms with Crippen molar-refractivity contribution in [2.45, 2.75) is 19.3 Å². The number of cyclic esters (lactones) is 1. The maximum absolute atomic E-state index is 10.9. The molecule has 0 atom stereocenters. The van der Waals surface area contributed by atoms with Crippen molar-refractivity contribution in [3.8, 4) is 0 Å². The quantitative estimate of drug-likeness (QED) is 0.665. The molecule has 0 aromatic heterocycles. The highest BCUT2D eigenvalue weighted by atomic mass is 16.6. The highest BCUT2D eigenvalue weighted by Gasteiger charge is 2.27. The molecule has 1 heterocycles. The lowest BCUT2D eigenvalue weighted by Crippen LogP contribution is -2.05. The van der Waals surface area contributed by atoms with E-state index in [4.69, 9.17) is 9.84 Å². The van der Waals surface area contributed by atoms with Crippen molar-refractivity contribution in [3.05, 3.63) is 11.5 Å². The summed E-state index contributed by atoms with van der Waals surface area (Å²) in [5, 5.41) is 9.15. The maximum Gasteiger partial charge on any atom is 0.377 e. The lowest BCUT2D eigenvalue weighted by atomic mass is 10.3. The van der Waals surface area contributed by atoms with Gasteiger partial charge in [-0.25, -0.2) is 4.79 Å². The minimum Gasteiger partial charge on any atom is -0.505 e. The fourth-order valence-electron chi connectivity index (χ4n) is 1.26. The van der Waals surface area contributed by atoms with Crippen LogP contribution in [-0.4, -0.2) is 24.3 Å². The zero-order chi connectivity index (χ0) is 9.26. The number of esters is 1. The first-order valence-corrected chi connectivity index (χ1v) is 4.49. The molecule has 1 aliphatic heterocycles. The van der Waals surface area contributed by atoms with Crippen LogP contribution in [0, 0.1) is 5.92 Å². The van der Waals surface area contributed by atoms with Gasteiger partial charge in [-0.05, 0) is 12.3 Å². The summed E-state index contributed by atoms with van der Waals surface area (Å²) in [6.07, 6.45) is 3.49. The van der Waals surface area contributed by atoms with Crippen molar-refractivity contribution < 1.29 is 19.4 Å². The number of ether oxygens (including phenoxy) is 2. The molecule has 1 fully saturated rings. The molecular formula is C9H12O4. The third-order valence-corrected chi connectivity index (χ3v) is 2.26. The Morgan fingerprint density at radius 2 is 2.31 bits per heavy atom. The van der Waals surface area contributed by atoms with Crippen molar-refractivity contribution in [3.63, 3.8) is 0 Å². The van der Waals surface area contributed by atoms with Gasteiger partial charge in [0, 0.05) is 0 Å². The first-order valence-electron chi connectivity index (χ1n) is 4.49. The van der Waals surface area contributed by atoms with Crippen molar-refractivity contribution in [1.29, 1.82) is 0 Å². The van der Waals surface area contributed by atoms with Crippen molar-refractivity contribution in [2.24, 2.45) is 5.92 Å². The molecule has 13 heavy (non-hydrogen) atoms. The largest absolute Gasteiger partial charge is 0.505 e. The fraction of sp³-hybridized carbons (Fsp3) is 0.667. The van der Waals surface area contributed by atoms with Gasteiger partial charge in [0.25, 0.3) is 0 Å². The summed E-state index contributed by atoms with van der Waals surface area (Å²) in [5.41, 5.74) is 0. The summed E-state index contributed by atoms with van der Waals surface area (Å²) < 4.78 is 9.70. The van der Waals surface area contributed by atoms with E-state index in [1.165, 1.54) is 12.8 Å². The van der Waals surface area contributed by atoms with Crippen LogP contribution < -0.4 is 0 Å². The first-order chi connectivity index (χ1) is 6.27. The summed E-state index contributed by atoms with van der Waals surface area (Å²) in [4.78, 5) is 10.9. The van der Waals surface area contributed by atoms with Gasteiger partial charge < -0.3 is 14.6 Å². The van der Waals surface area contributed by atoms with Gasteiger partial charge in [-0.15, -0.1) is 0 Å². The number of hydrogen-bond acceptors (Lipinski definition) is 4. The van der Waals surface area contributed by atoms with Gasteiger partial charge in [-0.2, -0.15) is 0 Å². The van der Waals surface area contributed by atoms with Crippen LogP contribution in [0.5, 0.6) is 0 Å². The molecule has 0 spiro atoms. The Hall–Kier alpha value is -1.19. The summed E-state index contributed by atoms with van der Waals surface area (Å²) in [7, 11) is 0. The van der Waals surface area contributed by atoms with E-state index in [2.05, 4.69) is 4.74 Å². The Bertz CT molecular complexity index is 252. The molecule has 4 heteroatoms. The smallest absolute Gasteiger partial charge is 0.377 e. The molecule has 2 rings (SSSR count). The average Bonchev–Trinajstić information content (AvgIpc) is 2.86. The van der Waals surface area contributed by atoms with Gasteiger partial charge in [0.15, 0.2) is 12.4 Å². The molecule has 0 aromatic rings. The van der Waals surface area contributed by atoms with Gasteiger partial charge in [-0.1, -0.05) is 12.8 Å². The Morgan fingerprint density at radius 1 is 1.54 bits per heavy atom. The van der Waals surface area contributed by atoms with Gasteiger partial charge >= 0.3 is 5.97 Å². The minimum atomic E-state index is -0.548. The van der Waals surface area contributed by atoms with Crippen LogP contribution in [0.2, 0.25) is 0 Å². The molecule has 1 saturated carbocycles. The Balaban J connectivity index is 1.78.